The molecular weight excluding hydrogens is 148 g/mol. The van der Waals surface area contributed by atoms with E-state index in [4.69, 9.17) is 5.73 Å². The first-order valence-corrected chi connectivity index (χ1v) is 5.18. The van der Waals surface area contributed by atoms with Gasteiger partial charge in [0.05, 0.1) is 0 Å². The first kappa shape index (κ1) is 8.52. The zero-order chi connectivity index (χ0) is 8.60. The third kappa shape index (κ3) is 1.64. The van der Waals surface area contributed by atoms with Crippen molar-refractivity contribution < 1.29 is 0 Å². The van der Waals surface area contributed by atoms with Gasteiger partial charge in [-0.05, 0) is 45.2 Å². The molecular formula is C10H20N2. The lowest BCUT2D eigenvalue weighted by atomic mass is 9.93. The lowest BCUT2D eigenvalue weighted by Crippen LogP contribution is -2.38. The number of nitrogens with two attached hydrogens (primary N) is 1. The summed E-state index contributed by atoms with van der Waals surface area (Å²) >= 11 is 0. The molecule has 2 fully saturated rings. The van der Waals surface area contributed by atoms with Gasteiger partial charge in [-0.1, -0.05) is 6.42 Å². The van der Waals surface area contributed by atoms with Crippen LogP contribution in [0.1, 0.15) is 32.1 Å². The number of likely N-dealkylation sites (tertiary alicyclic amines) is 1. The van der Waals surface area contributed by atoms with Crippen molar-refractivity contribution in [1.29, 1.82) is 0 Å². The zero-order valence-electron chi connectivity index (χ0n) is 8.05. The van der Waals surface area contributed by atoms with Gasteiger partial charge in [-0.3, -0.25) is 0 Å². The molecule has 2 heteroatoms. The Morgan fingerprint density at radius 3 is 2.75 bits per heavy atom. The molecule has 70 valence electrons. The quantitative estimate of drug-likeness (QED) is 0.637. The maximum atomic E-state index is 6.23. The van der Waals surface area contributed by atoms with Crippen molar-refractivity contribution >= 4 is 0 Å². The molecule has 1 unspecified atom stereocenters. The number of nitrogens with zero attached hydrogens (tertiary/aromatic N) is 1. The van der Waals surface area contributed by atoms with Crippen LogP contribution >= 0.6 is 0 Å². The molecule has 0 spiro atoms. The van der Waals surface area contributed by atoms with E-state index in [-0.39, 0.29) is 5.54 Å². The molecule has 0 radical (unpaired) electrons. The maximum Gasteiger partial charge on any atom is 0.0196 e. The second-order valence-corrected chi connectivity index (χ2v) is 4.69. The molecule has 2 nitrogen and oxygen atoms in total. The second kappa shape index (κ2) is 3.00. The normalized spacial score (nSPS) is 36.0. The smallest absolute Gasteiger partial charge is 0.0196 e. The average molecular weight is 168 g/mol. The highest BCUT2D eigenvalue weighted by molar-refractivity contribution is 5.04. The Morgan fingerprint density at radius 2 is 2.08 bits per heavy atom. The van der Waals surface area contributed by atoms with Gasteiger partial charge >= 0.3 is 0 Å². The molecule has 2 N–H and O–H groups in total. The van der Waals surface area contributed by atoms with Gasteiger partial charge in [0.2, 0.25) is 0 Å². The molecule has 1 atom stereocenters. The number of hydrogen-bond donors (Lipinski definition) is 1. The van der Waals surface area contributed by atoms with E-state index in [0.717, 1.165) is 5.92 Å². The minimum absolute atomic E-state index is 0.249. The lowest BCUT2D eigenvalue weighted by Gasteiger charge is -2.25. The van der Waals surface area contributed by atoms with Crippen molar-refractivity contribution in [3.05, 3.63) is 0 Å². The molecule has 0 aromatic carbocycles. The fraction of sp³-hybridized carbons (Fsp3) is 1.00. The molecule has 2 rings (SSSR count). The monoisotopic (exact) mass is 168 g/mol. The average Bonchev–Trinajstić information content (AvgIpc) is 2.77. The molecule has 1 aliphatic carbocycles. The highest BCUT2D eigenvalue weighted by Gasteiger charge is 2.45. The minimum Gasteiger partial charge on any atom is -0.325 e. The van der Waals surface area contributed by atoms with Gasteiger partial charge in [-0.2, -0.15) is 0 Å². The van der Waals surface area contributed by atoms with Crippen LogP contribution in [0, 0.1) is 5.92 Å². The van der Waals surface area contributed by atoms with Gasteiger partial charge < -0.3 is 10.6 Å². The van der Waals surface area contributed by atoms with Crippen LogP contribution in [-0.4, -0.2) is 30.6 Å². The summed E-state index contributed by atoms with van der Waals surface area (Å²) in [6.07, 6.45) is 6.65. The third-order valence-corrected chi connectivity index (χ3v) is 3.51. The van der Waals surface area contributed by atoms with E-state index in [1.807, 2.05) is 0 Å². The van der Waals surface area contributed by atoms with Crippen LogP contribution in [0.3, 0.4) is 0 Å². The van der Waals surface area contributed by atoms with Crippen LogP contribution < -0.4 is 5.73 Å². The summed E-state index contributed by atoms with van der Waals surface area (Å²) in [5, 5.41) is 0. The minimum atomic E-state index is 0.249. The van der Waals surface area contributed by atoms with Crippen LogP contribution in [0.2, 0.25) is 0 Å². The topological polar surface area (TPSA) is 29.3 Å². The van der Waals surface area contributed by atoms with Gasteiger partial charge in [-0.25, -0.2) is 0 Å². The van der Waals surface area contributed by atoms with Gasteiger partial charge in [-0.15, -0.1) is 0 Å². The van der Waals surface area contributed by atoms with Crippen molar-refractivity contribution in [3.63, 3.8) is 0 Å². The lowest BCUT2D eigenvalue weighted by molar-refractivity contribution is 0.263. The fourth-order valence-corrected chi connectivity index (χ4v) is 2.35. The van der Waals surface area contributed by atoms with E-state index in [1.165, 1.54) is 45.2 Å². The van der Waals surface area contributed by atoms with Gasteiger partial charge in [0.1, 0.15) is 0 Å². The highest BCUT2D eigenvalue weighted by Crippen LogP contribution is 2.42. The van der Waals surface area contributed by atoms with E-state index < -0.39 is 0 Å². The van der Waals surface area contributed by atoms with E-state index in [0.29, 0.717) is 0 Å². The first-order chi connectivity index (χ1) is 5.71. The molecule has 0 bridgehead atoms. The van der Waals surface area contributed by atoms with Gasteiger partial charge in [0.15, 0.2) is 0 Å². The van der Waals surface area contributed by atoms with Crippen LogP contribution in [0.5, 0.6) is 0 Å². The summed E-state index contributed by atoms with van der Waals surface area (Å²) in [7, 11) is 2.23. The Bertz CT molecular complexity index is 163. The van der Waals surface area contributed by atoms with Crippen molar-refractivity contribution in [3.8, 4) is 0 Å². The second-order valence-electron chi connectivity index (χ2n) is 4.69. The molecule has 12 heavy (non-hydrogen) atoms. The predicted octanol–water partition coefficient (Wildman–Crippen LogP) is 1.21. The Balaban J connectivity index is 1.95. The summed E-state index contributed by atoms with van der Waals surface area (Å²) in [5.74, 6) is 0.782. The van der Waals surface area contributed by atoms with Crippen LogP contribution in [0.4, 0.5) is 0 Å². The van der Waals surface area contributed by atoms with Gasteiger partial charge in [0, 0.05) is 12.1 Å². The molecule has 2 aliphatic rings. The van der Waals surface area contributed by atoms with E-state index in [9.17, 15) is 0 Å². The molecule has 1 saturated heterocycles. The largest absolute Gasteiger partial charge is 0.325 e. The van der Waals surface area contributed by atoms with E-state index in [1.54, 1.807) is 0 Å². The SMILES string of the molecule is CN1CCCCC(C2(N)CC2)C1. The Kier molecular flexibility index (Phi) is 2.13. The Labute approximate surface area is 75.1 Å². The summed E-state index contributed by atoms with van der Waals surface area (Å²) in [5.41, 5.74) is 6.47. The molecule has 1 aliphatic heterocycles. The van der Waals surface area contributed by atoms with Crippen molar-refractivity contribution in [1.82, 2.24) is 4.90 Å². The van der Waals surface area contributed by atoms with Crippen LogP contribution in [0.25, 0.3) is 0 Å². The van der Waals surface area contributed by atoms with Crippen LogP contribution in [-0.2, 0) is 0 Å². The highest BCUT2D eigenvalue weighted by atomic mass is 15.1. The van der Waals surface area contributed by atoms with Crippen molar-refractivity contribution in [2.24, 2.45) is 11.7 Å². The number of hydrogen-bond acceptors (Lipinski definition) is 2. The third-order valence-electron chi connectivity index (χ3n) is 3.51. The molecule has 1 saturated carbocycles. The van der Waals surface area contributed by atoms with E-state index >= 15 is 0 Å². The standard InChI is InChI=1S/C10H20N2/c1-12-7-3-2-4-9(8-12)10(11)5-6-10/h9H,2-8,11H2,1H3. The first-order valence-electron chi connectivity index (χ1n) is 5.18. The summed E-state index contributed by atoms with van der Waals surface area (Å²) < 4.78 is 0. The fourth-order valence-electron chi connectivity index (χ4n) is 2.35. The molecule has 0 aromatic rings. The molecule has 0 aromatic heterocycles. The van der Waals surface area contributed by atoms with Crippen molar-refractivity contribution in [2.75, 3.05) is 20.1 Å². The van der Waals surface area contributed by atoms with E-state index in [2.05, 4.69) is 11.9 Å². The zero-order valence-corrected chi connectivity index (χ0v) is 8.05. The summed E-state index contributed by atoms with van der Waals surface area (Å²) in [4.78, 5) is 2.45. The predicted molar refractivity (Wildman–Crippen MR) is 51.0 cm³/mol. The summed E-state index contributed by atoms with van der Waals surface area (Å²) in [6.45, 7) is 2.50. The molecule has 0 amide bonds. The summed E-state index contributed by atoms with van der Waals surface area (Å²) in [6, 6.07) is 0. The maximum absolute atomic E-state index is 6.23. The number of rotatable bonds is 1. The van der Waals surface area contributed by atoms with Crippen molar-refractivity contribution in [2.45, 2.75) is 37.6 Å². The van der Waals surface area contributed by atoms with Gasteiger partial charge in [0.25, 0.3) is 0 Å². The van der Waals surface area contributed by atoms with Crippen LogP contribution in [0.15, 0.2) is 0 Å². The molecule has 1 heterocycles. The Hall–Kier alpha value is -0.0800. The Morgan fingerprint density at radius 1 is 1.33 bits per heavy atom.